The molecule has 1 aromatic heterocycles. The van der Waals surface area contributed by atoms with E-state index in [2.05, 4.69) is 10.4 Å². The number of rotatable bonds is 4. The molecule has 0 saturated heterocycles. The van der Waals surface area contributed by atoms with Crippen molar-refractivity contribution < 1.29 is 18.7 Å². The quantitative estimate of drug-likeness (QED) is 0.575. The minimum atomic E-state index is -0.619. The molecule has 33 heavy (non-hydrogen) atoms. The summed E-state index contributed by atoms with van der Waals surface area (Å²) in [5.74, 6) is -0.166. The number of nitrogens with one attached hydrogen (secondary N) is 1. The molecule has 2 heterocycles. The van der Waals surface area contributed by atoms with Gasteiger partial charge in [0.1, 0.15) is 17.2 Å². The number of amides is 2. The fraction of sp³-hybridized carbons (Fsp3) is 0.292. The lowest BCUT2D eigenvalue weighted by molar-refractivity contribution is -0.115. The van der Waals surface area contributed by atoms with Crippen molar-refractivity contribution in [3.05, 3.63) is 76.2 Å². The number of halogens is 2. The molecule has 0 unspecified atom stereocenters. The molecule has 1 aliphatic rings. The second-order valence-electron chi connectivity index (χ2n) is 8.85. The van der Waals surface area contributed by atoms with Crippen LogP contribution < -0.4 is 5.32 Å². The Bertz CT molecular complexity index is 1180. The van der Waals surface area contributed by atoms with Crippen molar-refractivity contribution >= 4 is 29.4 Å². The van der Waals surface area contributed by atoms with Crippen LogP contribution in [0.15, 0.2) is 48.5 Å². The van der Waals surface area contributed by atoms with Crippen LogP contribution >= 0.6 is 11.6 Å². The monoisotopic (exact) mass is 470 g/mol. The molecule has 0 bridgehead atoms. The van der Waals surface area contributed by atoms with Gasteiger partial charge in [0, 0.05) is 10.6 Å². The summed E-state index contributed by atoms with van der Waals surface area (Å²) in [6, 6.07) is 12.8. The first-order valence-electron chi connectivity index (χ1n) is 10.5. The van der Waals surface area contributed by atoms with Gasteiger partial charge in [-0.1, -0.05) is 23.7 Å². The Balaban J connectivity index is 1.61. The predicted octanol–water partition coefficient (Wildman–Crippen LogP) is 5.10. The highest BCUT2D eigenvalue weighted by atomic mass is 35.5. The zero-order valence-electron chi connectivity index (χ0n) is 18.6. The lowest BCUT2D eigenvalue weighted by atomic mass is 10.1. The van der Waals surface area contributed by atoms with Gasteiger partial charge in [0.2, 0.25) is 5.91 Å². The summed E-state index contributed by atoms with van der Waals surface area (Å²) in [5, 5.41) is 8.16. The minimum Gasteiger partial charge on any atom is -0.444 e. The summed E-state index contributed by atoms with van der Waals surface area (Å²) >= 11 is 6.02. The fourth-order valence-corrected chi connectivity index (χ4v) is 3.66. The summed E-state index contributed by atoms with van der Waals surface area (Å²) in [4.78, 5) is 26.9. The zero-order chi connectivity index (χ0) is 23.8. The third-order valence-corrected chi connectivity index (χ3v) is 5.27. The van der Waals surface area contributed by atoms with E-state index in [1.165, 1.54) is 12.1 Å². The number of benzene rings is 2. The molecule has 9 heteroatoms. The van der Waals surface area contributed by atoms with Crippen LogP contribution in [0.1, 0.15) is 37.6 Å². The van der Waals surface area contributed by atoms with Crippen LogP contribution in [-0.2, 0) is 29.0 Å². The number of carbonyl (C=O) groups is 2. The number of anilines is 1. The second-order valence-corrected chi connectivity index (χ2v) is 9.29. The fourth-order valence-electron chi connectivity index (χ4n) is 3.53. The van der Waals surface area contributed by atoms with Gasteiger partial charge in [-0.15, -0.1) is 0 Å². The number of ether oxygens (including phenoxy) is 1. The van der Waals surface area contributed by atoms with Crippen molar-refractivity contribution in [3.8, 4) is 5.69 Å². The Labute approximate surface area is 196 Å². The van der Waals surface area contributed by atoms with Crippen molar-refractivity contribution in [2.24, 2.45) is 0 Å². The molecule has 172 valence electrons. The Morgan fingerprint density at radius 3 is 2.39 bits per heavy atom. The van der Waals surface area contributed by atoms with Crippen LogP contribution in [0.3, 0.4) is 0 Å². The molecule has 0 atom stereocenters. The average molecular weight is 471 g/mol. The van der Waals surface area contributed by atoms with E-state index >= 15 is 0 Å². The maximum absolute atomic E-state index is 13.2. The molecule has 0 spiro atoms. The molecule has 0 saturated carbocycles. The van der Waals surface area contributed by atoms with Gasteiger partial charge in [-0.2, -0.15) is 5.10 Å². The Morgan fingerprint density at radius 1 is 1.09 bits per heavy atom. The van der Waals surface area contributed by atoms with Gasteiger partial charge >= 0.3 is 6.09 Å². The van der Waals surface area contributed by atoms with Crippen molar-refractivity contribution in [3.63, 3.8) is 0 Å². The number of nitrogens with zero attached hydrogens (tertiary/aromatic N) is 3. The third kappa shape index (κ3) is 5.34. The number of fused-ring (bicyclic) bond motifs is 1. The Morgan fingerprint density at radius 2 is 1.76 bits per heavy atom. The SMILES string of the molecule is CC(C)(C)OC(=O)N1Cc2nn(-c3ccc(Cl)cc3)c(NC(=O)Cc3ccc(F)cc3)c2C1. The summed E-state index contributed by atoms with van der Waals surface area (Å²) < 4.78 is 20.3. The summed E-state index contributed by atoms with van der Waals surface area (Å²) in [7, 11) is 0. The van der Waals surface area contributed by atoms with E-state index in [0.717, 1.165) is 11.3 Å². The van der Waals surface area contributed by atoms with E-state index in [1.54, 1.807) is 46.0 Å². The second kappa shape index (κ2) is 8.86. The number of hydrogen-bond acceptors (Lipinski definition) is 4. The molecule has 1 aliphatic heterocycles. The molecule has 7 nitrogen and oxygen atoms in total. The van der Waals surface area contributed by atoms with Crippen LogP contribution in [-0.4, -0.2) is 32.3 Å². The van der Waals surface area contributed by atoms with Crippen molar-refractivity contribution in [2.75, 3.05) is 5.32 Å². The van der Waals surface area contributed by atoms with Gasteiger partial charge in [-0.05, 0) is 62.7 Å². The molecular weight excluding hydrogens is 447 g/mol. The van der Waals surface area contributed by atoms with Gasteiger partial charge in [0.15, 0.2) is 0 Å². The first-order chi connectivity index (χ1) is 15.6. The van der Waals surface area contributed by atoms with Crippen molar-refractivity contribution in [2.45, 2.75) is 45.9 Å². The van der Waals surface area contributed by atoms with Gasteiger partial charge in [-0.25, -0.2) is 13.9 Å². The lowest BCUT2D eigenvalue weighted by Crippen LogP contribution is -2.33. The molecule has 4 rings (SSSR count). The summed E-state index contributed by atoms with van der Waals surface area (Å²) in [5.41, 5.74) is 2.19. The van der Waals surface area contributed by atoms with Crippen molar-refractivity contribution in [1.82, 2.24) is 14.7 Å². The number of aromatic nitrogens is 2. The largest absolute Gasteiger partial charge is 0.444 e. The minimum absolute atomic E-state index is 0.0661. The van der Waals surface area contributed by atoms with Crippen LogP contribution in [0.2, 0.25) is 5.02 Å². The van der Waals surface area contributed by atoms with Gasteiger partial charge in [0.25, 0.3) is 0 Å². The molecular formula is C24H24ClFN4O3. The molecule has 2 aromatic carbocycles. The zero-order valence-corrected chi connectivity index (χ0v) is 19.3. The molecule has 0 radical (unpaired) electrons. The highest BCUT2D eigenvalue weighted by molar-refractivity contribution is 6.30. The first-order valence-corrected chi connectivity index (χ1v) is 10.9. The van der Waals surface area contributed by atoms with E-state index in [9.17, 15) is 14.0 Å². The van der Waals surface area contributed by atoms with Crippen LogP contribution in [0.4, 0.5) is 15.0 Å². The average Bonchev–Trinajstić information content (AvgIpc) is 3.29. The van der Waals surface area contributed by atoms with Crippen LogP contribution in [0, 0.1) is 5.82 Å². The summed E-state index contributed by atoms with van der Waals surface area (Å²) in [6.07, 6.45) is -0.376. The molecule has 0 fully saturated rings. The summed E-state index contributed by atoms with van der Waals surface area (Å²) in [6.45, 7) is 5.95. The normalized spacial score (nSPS) is 13.1. The van der Waals surface area contributed by atoms with E-state index in [-0.39, 0.29) is 31.2 Å². The maximum atomic E-state index is 13.2. The topological polar surface area (TPSA) is 76.5 Å². The van der Waals surface area contributed by atoms with Gasteiger partial charge in [0.05, 0.1) is 30.9 Å². The molecule has 1 N–H and O–H groups in total. The highest BCUT2D eigenvalue weighted by Gasteiger charge is 2.33. The third-order valence-electron chi connectivity index (χ3n) is 5.01. The van der Waals surface area contributed by atoms with E-state index in [4.69, 9.17) is 16.3 Å². The predicted molar refractivity (Wildman–Crippen MR) is 123 cm³/mol. The molecule has 0 aliphatic carbocycles. The van der Waals surface area contributed by atoms with E-state index < -0.39 is 11.7 Å². The van der Waals surface area contributed by atoms with Crippen LogP contribution in [0.5, 0.6) is 0 Å². The molecule has 2 amide bonds. The van der Waals surface area contributed by atoms with Gasteiger partial charge < -0.3 is 10.1 Å². The maximum Gasteiger partial charge on any atom is 0.410 e. The van der Waals surface area contributed by atoms with Crippen LogP contribution in [0.25, 0.3) is 5.69 Å². The smallest absolute Gasteiger partial charge is 0.410 e. The highest BCUT2D eigenvalue weighted by Crippen LogP contribution is 2.32. The van der Waals surface area contributed by atoms with Crippen molar-refractivity contribution in [1.29, 1.82) is 0 Å². The van der Waals surface area contributed by atoms with E-state index in [0.29, 0.717) is 22.1 Å². The van der Waals surface area contributed by atoms with E-state index in [1.807, 2.05) is 20.8 Å². The Kier molecular flexibility index (Phi) is 6.12. The molecule has 3 aromatic rings. The lowest BCUT2D eigenvalue weighted by Gasteiger charge is -2.24. The number of hydrogen-bond donors (Lipinski definition) is 1. The number of carbonyl (C=O) groups excluding carboxylic acids is 2. The standard InChI is InChI=1S/C24H24ClFN4O3/c1-24(2,3)33-23(32)29-13-19-20(14-29)28-30(18-10-6-16(25)7-11-18)22(19)27-21(31)12-15-4-8-17(26)9-5-15/h4-11H,12-14H2,1-3H3,(H,27,31). The Hall–Kier alpha value is -3.39. The first kappa shape index (κ1) is 22.8. The van der Waals surface area contributed by atoms with Gasteiger partial charge in [-0.3, -0.25) is 9.69 Å².